The van der Waals surface area contributed by atoms with E-state index in [1.165, 1.54) is 0 Å². The minimum atomic E-state index is 0.0752. The van der Waals surface area contributed by atoms with E-state index in [0.29, 0.717) is 6.61 Å². The zero-order valence-corrected chi connectivity index (χ0v) is 6.29. The summed E-state index contributed by atoms with van der Waals surface area (Å²) in [6, 6.07) is 0. The molecule has 10 heavy (non-hydrogen) atoms. The van der Waals surface area contributed by atoms with Crippen LogP contribution in [-0.4, -0.2) is 24.4 Å². The fourth-order valence-electron chi connectivity index (χ4n) is 0.418. The summed E-state index contributed by atoms with van der Waals surface area (Å²) in [7, 11) is 0. The molecule has 0 aromatic carbocycles. The Morgan fingerprint density at radius 3 is 2.80 bits per heavy atom. The monoisotopic (exact) mass is 142 g/mol. The van der Waals surface area contributed by atoms with E-state index in [1.807, 2.05) is 6.92 Å². The highest BCUT2D eigenvalue weighted by atomic mass is 16.5. The van der Waals surface area contributed by atoms with Crippen LogP contribution in [0.1, 0.15) is 6.92 Å². The highest BCUT2D eigenvalue weighted by Gasteiger charge is 1.89. The van der Waals surface area contributed by atoms with Crippen LogP contribution < -0.4 is 0 Å². The molecule has 2 heteroatoms. The number of ether oxygens (including phenoxy) is 1. The van der Waals surface area contributed by atoms with Gasteiger partial charge < -0.3 is 9.84 Å². The van der Waals surface area contributed by atoms with Crippen LogP contribution in [0.15, 0.2) is 24.8 Å². The van der Waals surface area contributed by atoms with Gasteiger partial charge in [-0.2, -0.15) is 0 Å². The minimum Gasteiger partial charge on any atom is -0.392 e. The summed E-state index contributed by atoms with van der Waals surface area (Å²) in [6.07, 6.45) is 5.24. The maximum absolute atomic E-state index is 8.33. The molecule has 1 N–H and O–H groups in total. The largest absolute Gasteiger partial charge is 0.392 e. The molecule has 0 rings (SSSR count). The molecule has 0 aliphatic carbocycles. The van der Waals surface area contributed by atoms with Crippen LogP contribution in [0.25, 0.3) is 0 Å². The van der Waals surface area contributed by atoms with Gasteiger partial charge in [0.25, 0.3) is 0 Å². The molecule has 0 amide bonds. The van der Waals surface area contributed by atoms with E-state index in [-0.39, 0.29) is 12.7 Å². The van der Waals surface area contributed by atoms with E-state index < -0.39 is 0 Å². The van der Waals surface area contributed by atoms with Crippen LogP contribution in [0.2, 0.25) is 0 Å². The molecule has 0 aromatic rings. The summed E-state index contributed by atoms with van der Waals surface area (Å²) < 4.78 is 5.18. The third-order valence-electron chi connectivity index (χ3n) is 1.06. The van der Waals surface area contributed by atoms with Crippen molar-refractivity contribution in [2.24, 2.45) is 0 Å². The summed E-state index contributed by atoms with van der Waals surface area (Å²) in [5.41, 5.74) is 0. The normalized spacial score (nSPS) is 13.8. The Bertz CT molecular complexity index is 108. The highest BCUT2D eigenvalue weighted by molar-refractivity contribution is 4.82. The quantitative estimate of drug-likeness (QED) is 0.583. The average molecular weight is 142 g/mol. The lowest BCUT2D eigenvalue weighted by molar-refractivity contribution is 0.123. The van der Waals surface area contributed by atoms with Crippen LogP contribution in [0, 0.1) is 0 Å². The molecule has 0 aliphatic rings. The van der Waals surface area contributed by atoms with E-state index in [4.69, 9.17) is 9.84 Å². The highest BCUT2D eigenvalue weighted by Crippen LogP contribution is 1.90. The van der Waals surface area contributed by atoms with Gasteiger partial charge in [0.1, 0.15) is 0 Å². The van der Waals surface area contributed by atoms with Gasteiger partial charge >= 0.3 is 0 Å². The van der Waals surface area contributed by atoms with Crippen molar-refractivity contribution in [3.8, 4) is 0 Å². The summed E-state index contributed by atoms with van der Waals surface area (Å²) in [6.45, 7) is 6.09. The predicted octanol–water partition coefficient (Wildman–Crippen LogP) is 1.13. The van der Waals surface area contributed by atoms with Gasteiger partial charge in [-0.1, -0.05) is 18.2 Å². The average Bonchev–Trinajstić information content (AvgIpc) is 1.98. The van der Waals surface area contributed by atoms with Gasteiger partial charge in [0.2, 0.25) is 0 Å². The van der Waals surface area contributed by atoms with Crippen molar-refractivity contribution >= 4 is 0 Å². The van der Waals surface area contributed by atoms with Crippen LogP contribution >= 0.6 is 0 Å². The summed E-state index contributed by atoms with van der Waals surface area (Å²) in [5.74, 6) is 0. The number of aliphatic hydroxyl groups is 1. The molecule has 0 heterocycles. The molecule has 1 atom stereocenters. The fraction of sp³-hybridized carbons (Fsp3) is 0.500. The third-order valence-corrected chi connectivity index (χ3v) is 1.06. The maximum Gasteiger partial charge on any atom is 0.0729 e. The summed E-state index contributed by atoms with van der Waals surface area (Å²) in [5, 5.41) is 8.33. The van der Waals surface area contributed by atoms with Crippen LogP contribution in [0.3, 0.4) is 0 Å². The molecule has 2 nitrogen and oxygen atoms in total. The molecule has 0 saturated heterocycles. The summed E-state index contributed by atoms with van der Waals surface area (Å²) >= 11 is 0. The van der Waals surface area contributed by atoms with Gasteiger partial charge in [-0.15, -0.1) is 6.58 Å². The first-order valence-electron chi connectivity index (χ1n) is 3.31. The Balaban J connectivity index is 3.18. The lowest BCUT2D eigenvalue weighted by Crippen LogP contribution is -2.03. The van der Waals surface area contributed by atoms with Gasteiger partial charge in [-0.05, 0) is 6.92 Å². The van der Waals surface area contributed by atoms with Crippen LogP contribution in [0.5, 0.6) is 0 Å². The van der Waals surface area contributed by atoms with Crippen molar-refractivity contribution in [1.82, 2.24) is 0 Å². The molecule has 0 fully saturated rings. The SMILES string of the molecule is C=CC(C)OC/C=C\CO. The van der Waals surface area contributed by atoms with Gasteiger partial charge in [0.05, 0.1) is 19.3 Å². The smallest absolute Gasteiger partial charge is 0.0729 e. The predicted molar refractivity (Wildman–Crippen MR) is 41.8 cm³/mol. The third kappa shape index (κ3) is 5.54. The molecule has 0 aliphatic heterocycles. The number of aliphatic hydroxyl groups excluding tert-OH is 1. The Hall–Kier alpha value is -0.600. The first-order chi connectivity index (χ1) is 4.81. The van der Waals surface area contributed by atoms with Crippen molar-refractivity contribution in [3.63, 3.8) is 0 Å². The van der Waals surface area contributed by atoms with Gasteiger partial charge in [0.15, 0.2) is 0 Å². The standard InChI is InChI=1S/C8H14O2/c1-3-8(2)10-7-5-4-6-9/h3-5,8-9H,1,6-7H2,2H3/b5-4-. The van der Waals surface area contributed by atoms with E-state index >= 15 is 0 Å². The Morgan fingerprint density at radius 1 is 1.60 bits per heavy atom. The fourth-order valence-corrected chi connectivity index (χ4v) is 0.418. The lowest BCUT2D eigenvalue weighted by atomic mass is 10.4. The zero-order valence-electron chi connectivity index (χ0n) is 6.29. The van der Waals surface area contributed by atoms with Crippen molar-refractivity contribution in [3.05, 3.63) is 24.8 Å². The molecule has 0 spiro atoms. The van der Waals surface area contributed by atoms with Crippen LogP contribution in [0.4, 0.5) is 0 Å². The number of hydrogen-bond donors (Lipinski definition) is 1. The van der Waals surface area contributed by atoms with Crippen molar-refractivity contribution in [1.29, 1.82) is 0 Å². The zero-order chi connectivity index (χ0) is 7.82. The van der Waals surface area contributed by atoms with Gasteiger partial charge in [-0.25, -0.2) is 0 Å². The Labute approximate surface area is 61.8 Å². The molecular weight excluding hydrogens is 128 g/mol. The van der Waals surface area contributed by atoms with E-state index in [9.17, 15) is 0 Å². The van der Waals surface area contributed by atoms with E-state index in [2.05, 4.69) is 6.58 Å². The molecule has 0 radical (unpaired) electrons. The Kier molecular flexibility index (Phi) is 6.13. The second-order valence-corrected chi connectivity index (χ2v) is 1.93. The van der Waals surface area contributed by atoms with E-state index in [1.54, 1.807) is 18.2 Å². The molecule has 0 saturated carbocycles. The summed E-state index contributed by atoms with van der Waals surface area (Å²) in [4.78, 5) is 0. The number of rotatable bonds is 5. The van der Waals surface area contributed by atoms with Crippen LogP contribution in [-0.2, 0) is 4.74 Å². The van der Waals surface area contributed by atoms with E-state index in [0.717, 1.165) is 0 Å². The minimum absolute atomic E-state index is 0.0752. The number of hydrogen-bond acceptors (Lipinski definition) is 2. The second-order valence-electron chi connectivity index (χ2n) is 1.93. The topological polar surface area (TPSA) is 29.5 Å². The first kappa shape index (κ1) is 9.40. The first-order valence-corrected chi connectivity index (χ1v) is 3.31. The molecule has 58 valence electrons. The van der Waals surface area contributed by atoms with Crippen molar-refractivity contribution in [2.75, 3.05) is 13.2 Å². The lowest BCUT2D eigenvalue weighted by Gasteiger charge is -2.03. The van der Waals surface area contributed by atoms with Gasteiger partial charge in [-0.3, -0.25) is 0 Å². The molecule has 0 aromatic heterocycles. The van der Waals surface area contributed by atoms with Crippen molar-refractivity contribution < 1.29 is 9.84 Å². The van der Waals surface area contributed by atoms with Crippen molar-refractivity contribution in [2.45, 2.75) is 13.0 Å². The second kappa shape index (κ2) is 6.52. The molecule has 1 unspecified atom stereocenters. The Morgan fingerprint density at radius 2 is 2.30 bits per heavy atom. The molecular formula is C8H14O2. The maximum atomic E-state index is 8.33. The van der Waals surface area contributed by atoms with Gasteiger partial charge in [0, 0.05) is 0 Å². The molecule has 0 bridgehead atoms.